The number of aliphatic hydroxyl groups is 1. The number of nitrogens with zero attached hydrogens (tertiary/aromatic N) is 2. The van der Waals surface area contributed by atoms with E-state index in [1.807, 2.05) is 13.0 Å². The van der Waals surface area contributed by atoms with E-state index >= 15 is 0 Å². The maximum Gasteiger partial charge on any atom is 0.124 e. The van der Waals surface area contributed by atoms with Crippen molar-refractivity contribution >= 4 is 0 Å². The summed E-state index contributed by atoms with van der Waals surface area (Å²) in [6.07, 6.45) is 3.60. The Bertz CT molecular complexity index is 277. The van der Waals surface area contributed by atoms with Gasteiger partial charge < -0.3 is 9.63 Å². The van der Waals surface area contributed by atoms with Gasteiger partial charge in [-0.25, -0.2) is 0 Å². The summed E-state index contributed by atoms with van der Waals surface area (Å²) in [5.41, 5.74) is 0.991. The van der Waals surface area contributed by atoms with E-state index in [0.717, 1.165) is 38.2 Å². The van der Waals surface area contributed by atoms with Gasteiger partial charge in [0.15, 0.2) is 0 Å². The standard InChI is InChI=1S/C11H18N2O2/c1-9(14)10-2-5-13(6-3-10)8-11-4-7-15-12-11/h4,7,9-10,14H,2-3,5-6,8H2,1H3. The lowest BCUT2D eigenvalue weighted by Gasteiger charge is -2.32. The molecule has 2 heterocycles. The van der Waals surface area contributed by atoms with E-state index in [9.17, 15) is 5.11 Å². The van der Waals surface area contributed by atoms with Crippen LogP contribution in [-0.2, 0) is 6.54 Å². The molecule has 1 fully saturated rings. The van der Waals surface area contributed by atoms with Crippen molar-refractivity contribution in [1.29, 1.82) is 0 Å². The molecule has 2 rings (SSSR count). The fraction of sp³-hybridized carbons (Fsp3) is 0.727. The summed E-state index contributed by atoms with van der Waals surface area (Å²) in [4.78, 5) is 2.36. The van der Waals surface area contributed by atoms with Gasteiger partial charge in [-0.15, -0.1) is 0 Å². The molecule has 4 heteroatoms. The summed E-state index contributed by atoms with van der Waals surface area (Å²) in [6, 6.07) is 1.90. The van der Waals surface area contributed by atoms with Crippen LogP contribution in [0.2, 0.25) is 0 Å². The second-order valence-corrected chi connectivity index (χ2v) is 4.34. The maximum absolute atomic E-state index is 9.47. The Balaban J connectivity index is 1.79. The fourth-order valence-corrected chi connectivity index (χ4v) is 2.14. The first-order valence-corrected chi connectivity index (χ1v) is 5.55. The van der Waals surface area contributed by atoms with Crippen molar-refractivity contribution in [3.63, 3.8) is 0 Å². The van der Waals surface area contributed by atoms with Gasteiger partial charge in [-0.05, 0) is 38.8 Å². The predicted octanol–water partition coefficient (Wildman–Crippen LogP) is 1.27. The van der Waals surface area contributed by atoms with Gasteiger partial charge in [0.25, 0.3) is 0 Å². The number of hydrogen-bond acceptors (Lipinski definition) is 4. The Labute approximate surface area is 89.9 Å². The molecule has 1 aromatic rings. The molecule has 84 valence electrons. The normalized spacial score (nSPS) is 21.7. The zero-order valence-corrected chi connectivity index (χ0v) is 9.09. The molecule has 1 aromatic heterocycles. The third-order valence-electron chi connectivity index (χ3n) is 3.19. The van der Waals surface area contributed by atoms with Gasteiger partial charge >= 0.3 is 0 Å². The minimum absolute atomic E-state index is 0.167. The molecule has 0 radical (unpaired) electrons. The second kappa shape index (κ2) is 4.77. The fourth-order valence-electron chi connectivity index (χ4n) is 2.14. The number of hydrogen-bond donors (Lipinski definition) is 1. The molecular weight excluding hydrogens is 192 g/mol. The van der Waals surface area contributed by atoms with E-state index in [1.54, 1.807) is 6.26 Å². The van der Waals surface area contributed by atoms with Crippen LogP contribution in [0.3, 0.4) is 0 Å². The largest absolute Gasteiger partial charge is 0.393 e. The van der Waals surface area contributed by atoms with Crippen molar-refractivity contribution in [2.45, 2.75) is 32.4 Å². The highest BCUT2D eigenvalue weighted by Crippen LogP contribution is 2.21. The van der Waals surface area contributed by atoms with Crippen LogP contribution in [0.15, 0.2) is 16.9 Å². The average Bonchev–Trinajstić information content (AvgIpc) is 2.71. The summed E-state index contributed by atoms with van der Waals surface area (Å²) >= 11 is 0. The Hall–Kier alpha value is -0.870. The first-order valence-electron chi connectivity index (χ1n) is 5.55. The van der Waals surface area contributed by atoms with E-state index in [0.29, 0.717) is 5.92 Å². The van der Waals surface area contributed by atoms with E-state index in [4.69, 9.17) is 4.52 Å². The van der Waals surface area contributed by atoms with E-state index in [2.05, 4.69) is 10.1 Å². The molecule has 0 aliphatic carbocycles. The third kappa shape index (κ3) is 2.79. The highest BCUT2D eigenvalue weighted by atomic mass is 16.5. The van der Waals surface area contributed by atoms with Crippen molar-refractivity contribution in [2.75, 3.05) is 13.1 Å². The van der Waals surface area contributed by atoms with Crippen molar-refractivity contribution < 1.29 is 9.63 Å². The molecule has 1 saturated heterocycles. The summed E-state index contributed by atoms with van der Waals surface area (Å²) < 4.78 is 4.80. The Kier molecular flexibility index (Phi) is 3.38. The lowest BCUT2D eigenvalue weighted by atomic mass is 9.92. The number of rotatable bonds is 3. The number of aromatic nitrogens is 1. The van der Waals surface area contributed by atoms with Gasteiger partial charge in [0.05, 0.1) is 11.8 Å². The van der Waals surface area contributed by atoms with Gasteiger partial charge in [-0.2, -0.15) is 0 Å². The van der Waals surface area contributed by atoms with Gasteiger partial charge in [0.2, 0.25) is 0 Å². The van der Waals surface area contributed by atoms with Gasteiger partial charge in [-0.1, -0.05) is 5.16 Å². The summed E-state index contributed by atoms with van der Waals surface area (Å²) in [5.74, 6) is 0.471. The molecule has 0 saturated carbocycles. The molecule has 4 nitrogen and oxygen atoms in total. The SMILES string of the molecule is CC(O)C1CCN(Cc2ccon2)CC1. The summed E-state index contributed by atoms with van der Waals surface area (Å²) in [5, 5.41) is 13.4. The maximum atomic E-state index is 9.47. The highest BCUT2D eigenvalue weighted by molar-refractivity contribution is 4.95. The lowest BCUT2D eigenvalue weighted by molar-refractivity contribution is 0.0688. The molecule has 0 bridgehead atoms. The highest BCUT2D eigenvalue weighted by Gasteiger charge is 2.22. The minimum Gasteiger partial charge on any atom is -0.393 e. The van der Waals surface area contributed by atoms with Crippen LogP contribution in [0.25, 0.3) is 0 Å². The van der Waals surface area contributed by atoms with Crippen molar-refractivity contribution in [3.8, 4) is 0 Å². The monoisotopic (exact) mass is 210 g/mol. The smallest absolute Gasteiger partial charge is 0.124 e. The molecule has 1 aliphatic heterocycles. The topological polar surface area (TPSA) is 49.5 Å². The van der Waals surface area contributed by atoms with Crippen LogP contribution < -0.4 is 0 Å². The molecule has 0 aromatic carbocycles. The van der Waals surface area contributed by atoms with Gasteiger partial charge in [-0.3, -0.25) is 4.90 Å². The lowest BCUT2D eigenvalue weighted by Crippen LogP contribution is -2.36. The Morgan fingerprint density at radius 2 is 2.33 bits per heavy atom. The van der Waals surface area contributed by atoms with Crippen LogP contribution >= 0.6 is 0 Å². The molecule has 1 unspecified atom stereocenters. The van der Waals surface area contributed by atoms with E-state index in [1.165, 1.54) is 0 Å². The molecule has 1 N–H and O–H groups in total. The van der Waals surface area contributed by atoms with Crippen LogP contribution in [0, 0.1) is 5.92 Å². The summed E-state index contributed by atoms with van der Waals surface area (Å²) in [7, 11) is 0. The van der Waals surface area contributed by atoms with Crippen LogP contribution in [0.4, 0.5) is 0 Å². The Morgan fingerprint density at radius 3 is 2.87 bits per heavy atom. The second-order valence-electron chi connectivity index (χ2n) is 4.34. The van der Waals surface area contributed by atoms with Crippen molar-refractivity contribution in [3.05, 3.63) is 18.0 Å². The molecule has 1 aliphatic rings. The van der Waals surface area contributed by atoms with Gasteiger partial charge in [0.1, 0.15) is 6.26 Å². The molecule has 0 spiro atoms. The van der Waals surface area contributed by atoms with Crippen LogP contribution in [0.1, 0.15) is 25.5 Å². The zero-order chi connectivity index (χ0) is 10.7. The van der Waals surface area contributed by atoms with Crippen molar-refractivity contribution in [2.24, 2.45) is 5.92 Å². The van der Waals surface area contributed by atoms with Crippen molar-refractivity contribution in [1.82, 2.24) is 10.1 Å². The summed E-state index contributed by atoms with van der Waals surface area (Å²) in [6.45, 7) is 4.84. The quantitative estimate of drug-likeness (QED) is 0.816. The average molecular weight is 210 g/mol. The molecular formula is C11H18N2O2. The minimum atomic E-state index is -0.167. The van der Waals surface area contributed by atoms with Crippen LogP contribution in [-0.4, -0.2) is 34.4 Å². The van der Waals surface area contributed by atoms with E-state index < -0.39 is 0 Å². The number of likely N-dealkylation sites (tertiary alicyclic amines) is 1. The number of aliphatic hydroxyl groups excluding tert-OH is 1. The van der Waals surface area contributed by atoms with Gasteiger partial charge in [0, 0.05) is 12.6 Å². The first kappa shape index (κ1) is 10.6. The number of piperidine rings is 1. The molecule has 0 amide bonds. The molecule has 1 atom stereocenters. The third-order valence-corrected chi connectivity index (χ3v) is 3.19. The van der Waals surface area contributed by atoms with E-state index in [-0.39, 0.29) is 6.10 Å². The zero-order valence-electron chi connectivity index (χ0n) is 9.09. The Morgan fingerprint density at radius 1 is 1.60 bits per heavy atom. The van der Waals surface area contributed by atoms with Crippen LogP contribution in [0.5, 0.6) is 0 Å². The first-order chi connectivity index (χ1) is 7.25. The predicted molar refractivity (Wildman–Crippen MR) is 56.2 cm³/mol. The molecule has 15 heavy (non-hydrogen) atoms.